The molecule has 1 atom stereocenters. The molecular weight excluding hydrogens is 505 g/mol. The van der Waals surface area contributed by atoms with Gasteiger partial charge in [-0.2, -0.15) is 0 Å². The topological polar surface area (TPSA) is 52.6 Å². The van der Waals surface area contributed by atoms with E-state index in [1.165, 1.54) is 37.9 Å². The van der Waals surface area contributed by atoms with E-state index in [1.807, 2.05) is 19.2 Å². The summed E-state index contributed by atoms with van der Waals surface area (Å²) in [5.74, 6) is 3.61. The first kappa shape index (κ1) is 24.4. The van der Waals surface area contributed by atoms with E-state index in [0.717, 1.165) is 68.7 Å². The lowest BCUT2D eigenvalue weighted by Crippen LogP contribution is -2.52. The van der Waals surface area contributed by atoms with Crippen molar-refractivity contribution in [1.82, 2.24) is 20.0 Å². The number of rotatable bonds is 7. The minimum absolute atomic E-state index is 0. The molecule has 0 spiro atoms. The van der Waals surface area contributed by atoms with Crippen LogP contribution in [0.2, 0.25) is 0 Å². The van der Waals surface area contributed by atoms with Crippen molar-refractivity contribution in [3.63, 3.8) is 0 Å². The molecule has 2 heterocycles. The predicted molar refractivity (Wildman–Crippen MR) is 136 cm³/mol. The highest BCUT2D eigenvalue weighted by Crippen LogP contribution is 2.31. The molecule has 1 saturated carbocycles. The van der Waals surface area contributed by atoms with Gasteiger partial charge in [0, 0.05) is 64.5 Å². The molecule has 2 saturated heterocycles. The summed E-state index contributed by atoms with van der Waals surface area (Å²) in [6, 6.07) is 6.91. The van der Waals surface area contributed by atoms with Crippen molar-refractivity contribution < 1.29 is 9.47 Å². The Morgan fingerprint density at radius 3 is 2.48 bits per heavy atom. The van der Waals surface area contributed by atoms with Crippen LogP contribution in [0, 0.1) is 5.92 Å². The quantitative estimate of drug-likeness (QED) is 0.324. The Kier molecular flexibility index (Phi) is 9.09. The van der Waals surface area contributed by atoms with E-state index in [0.29, 0.717) is 0 Å². The normalized spacial score (nSPS) is 22.9. The molecule has 0 aromatic heterocycles. The number of nitrogens with one attached hydrogen (secondary N) is 1. The van der Waals surface area contributed by atoms with Gasteiger partial charge in [0.2, 0.25) is 0 Å². The fourth-order valence-electron chi connectivity index (χ4n) is 4.73. The molecule has 8 heteroatoms. The third-order valence-electron chi connectivity index (χ3n) is 6.69. The molecule has 31 heavy (non-hydrogen) atoms. The second-order valence-electron chi connectivity index (χ2n) is 8.75. The molecule has 0 radical (unpaired) electrons. The van der Waals surface area contributed by atoms with Crippen molar-refractivity contribution in [2.75, 3.05) is 67.1 Å². The number of piperazine rings is 1. The zero-order valence-corrected chi connectivity index (χ0v) is 21.5. The van der Waals surface area contributed by atoms with Crippen LogP contribution in [0.1, 0.15) is 24.8 Å². The number of hydrogen-bond acceptors (Lipinski definition) is 5. The fraction of sp³-hybridized carbons (Fsp3) is 0.696. The van der Waals surface area contributed by atoms with Gasteiger partial charge in [-0.3, -0.25) is 9.89 Å². The van der Waals surface area contributed by atoms with Gasteiger partial charge in [0.25, 0.3) is 0 Å². The number of benzene rings is 1. The zero-order chi connectivity index (χ0) is 20.9. The molecule has 1 N–H and O–H groups in total. The molecule has 3 aliphatic rings. The Morgan fingerprint density at radius 2 is 1.84 bits per heavy atom. The number of ether oxygens (including phenoxy) is 2. The number of nitrogens with zero attached hydrogens (tertiary/aromatic N) is 4. The summed E-state index contributed by atoms with van der Waals surface area (Å²) < 4.78 is 10.9. The van der Waals surface area contributed by atoms with Gasteiger partial charge in [-0.25, -0.2) is 0 Å². The maximum Gasteiger partial charge on any atom is 0.193 e. The minimum atomic E-state index is 0. The largest absolute Gasteiger partial charge is 0.497 e. The number of halogens is 1. The lowest BCUT2D eigenvalue weighted by atomic mass is 10.1. The molecular formula is C23H38IN5O2. The molecule has 1 aliphatic carbocycles. The SMILES string of the molecule is CN=C(NCC1CCN(C2CC2)C1)N1CCN(Cc2cc(OC)ccc2OC)CC1.I. The Hall–Kier alpha value is -1.26. The van der Waals surface area contributed by atoms with Gasteiger partial charge in [0.1, 0.15) is 11.5 Å². The van der Waals surface area contributed by atoms with Crippen LogP contribution in [0.4, 0.5) is 0 Å². The number of guanidine groups is 1. The van der Waals surface area contributed by atoms with Gasteiger partial charge >= 0.3 is 0 Å². The highest BCUT2D eigenvalue weighted by molar-refractivity contribution is 14.0. The monoisotopic (exact) mass is 543 g/mol. The molecule has 174 valence electrons. The Bertz CT molecular complexity index is 735. The molecule has 4 rings (SSSR count). The summed E-state index contributed by atoms with van der Waals surface area (Å²) >= 11 is 0. The van der Waals surface area contributed by atoms with Crippen molar-refractivity contribution in [1.29, 1.82) is 0 Å². The standard InChI is InChI=1S/C23H37N5O2.HI/c1-24-23(25-15-18-8-9-28(16-18)20-4-5-20)27-12-10-26(11-13-27)17-19-14-21(29-2)6-7-22(19)30-3;/h6-7,14,18,20H,4-5,8-13,15-17H2,1-3H3,(H,24,25);1H. The average Bonchev–Trinajstić information content (AvgIpc) is 3.53. The molecule has 7 nitrogen and oxygen atoms in total. The first-order chi connectivity index (χ1) is 14.7. The number of methoxy groups -OCH3 is 2. The fourth-order valence-corrected chi connectivity index (χ4v) is 4.73. The van der Waals surface area contributed by atoms with E-state index in [9.17, 15) is 0 Å². The second kappa shape index (κ2) is 11.6. The maximum atomic E-state index is 5.54. The molecule has 0 amide bonds. The number of aliphatic imine (C=N–C) groups is 1. The summed E-state index contributed by atoms with van der Waals surface area (Å²) in [4.78, 5) is 12.1. The van der Waals surface area contributed by atoms with Gasteiger partial charge in [-0.1, -0.05) is 0 Å². The van der Waals surface area contributed by atoms with Crippen molar-refractivity contribution in [3.8, 4) is 11.5 Å². The average molecular weight is 543 g/mol. The molecule has 1 unspecified atom stereocenters. The predicted octanol–water partition coefficient (Wildman–Crippen LogP) is 2.50. The zero-order valence-electron chi connectivity index (χ0n) is 19.2. The maximum absolute atomic E-state index is 5.54. The first-order valence-electron chi connectivity index (χ1n) is 11.3. The van der Waals surface area contributed by atoms with Crippen molar-refractivity contribution in [2.24, 2.45) is 10.9 Å². The van der Waals surface area contributed by atoms with Crippen molar-refractivity contribution in [3.05, 3.63) is 23.8 Å². The highest BCUT2D eigenvalue weighted by Gasteiger charge is 2.34. The van der Waals surface area contributed by atoms with Crippen LogP contribution in [0.15, 0.2) is 23.2 Å². The Balaban J connectivity index is 0.00000272. The molecule has 1 aromatic carbocycles. The smallest absolute Gasteiger partial charge is 0.193 e. The lowest BCUT2D eigenvalue weighted by Gasteiger charge is -2.37. The van der Waals surface area contributed by atoms with Crippen LogP contribution >= 0.6 is 24.0 Å². The second-order valence-corrected chi connectivity index (χ2v) is 8.75. The third kappa shape index (κ3) is 6.38. The number of hydrogen-bond donors (Lipinski definition) is 1. The minimum Gasteiger partial charge on any atom is -0.497 e. The van der Waals surface area contributed by atoms with Gasteiger partial charge in [-0.05, 0) is 49.9 Å². The van der Waals surface area contributed by atoms with Crippen LogP contribution in [0.25, 0.3) is 0 Å². The van der Waals surface area contributed by atoms with Crippen LogP contribution in [-0.2, 0) is 6.54 Å². The van der Waals surface area contributed by atoms with E-state index in [-0.39, 0.29) is 24.0 Å². The summed E-state index contributed by atoms with van der Waals surface area (Å²) in [5.41, 5.74) is 1.18. The van der Waals surface area contributed by atoms with E-state index in [2.05, 4.69) is 31.1 Å². The summed E-state index contributed by atoms with van der Waals surface area (Å²) in [6.07, 6.45) is 4.14. The third-order valence-corrected chi connectivity index (χ3v) is 6.69. The number of likely N-dealkylation sites (tertiary alicyclic amines) is 1. The van der Waals surface area contributed by atoms with Gasteiger partial charge < -0.3 is 24.6 Å². The molecule has 1 aromatic rings. The Labute approximate surface area is 204 Å². The summed E-state index contributed by atoms with van der Waals surface area (Å²) in [7, 11) is 5.34. The van der Waals surface area contributed by atoms with Gasteiger partial charge in [0.15, 0.2) is 5.96 Å². The van der Waals surface area contributed by atoms with Gasteiger partial charge in [0.05, 0.1) is 14.2 Å². The van der Waals surface area contributed by atoms with Crippen molar-refractivity contribution >= 4 is 29.9 Å². The first-order valence-corrected chi connectivity index (χ1v) is 11.3. The van der Waals surface area contributed by atoms with Gasteiger partial charge in [-0.15, -0.1) is 24.0 Å². The van der Waals surface area contributed by atoms with Crippen LogP contribution in [0.3, 0.4) is 0 Å². The van der Waals surface area contributed by atoms with E-state index in [4.69, 9.17) is 9.47 Å². The molecule has 0 bridgehead atoms. The van der Waals surface area contributed by atoms with E-state index < -0.39 is 0 Å². The molecule has 2 aliphatic heterocycles. The summed E-state index contributed by atoms with van der Waals surface area (Å²) in [5, 5.41) is 3.65. The summed E-state index contributed by atoms with van der Waals surface area (Å²) in [6.45, 7) is 8.46. The highest BCUT2D eigenvalue weighted by atomic mass is 127. The van der Waals surface area contributed by atoms with Crippen LogP contribution in [0.5, 0.6) is 11.5 Å². The van der Waals surface area contributed by atoms with E-state index in [1.54, 1.807) is 14.2 Å². The van der Waals surface area contributed by atoms with Crippen molar-refractivity contribution in [2.45, 2.75) is 31.8 Å². The molecule has 3 fully saturated rings. The van der Waals surface area contributed by atoms with Crippen LogP contribution in [-0.4, -0.2) is 93.8 Å². The lowest BCUT2D eigenvalue weighted by molar-refractivity contribution is 0.170. The van der Waals surface area contributed by atoms with E-state index >= 15 is 0 Å². The van der Waals surface area contributed by atoms with Crippen LogP contribution < -0.4 is 14.8 Å². The Morgan fingerprint density at radius 1 is 1.06 bits per heavy atom.